The Morgan fingerprint density at radius 3 is 2.29 bits per heavy atom. The first kappa shape index (κ1) is 12.8. The van der Waals surface area contributed by atoms with Gasteiger partial charge in [0.25, 0.3) is 11.4 Å². The van der Waals surface area contributed by atoms with E-state index in [1.54, 1.807) is 0 Å². The Morgan fingerprint density at radius 2 is 1.88 bits per heavy atom. The molecular formula is C8H5ClN2O6. The summed E-state index contributed by atoms with van der Waals surface area (Å²) in [5.41, 5.74) is -1.49. The van der Waals surface area contributed by atoms with Crippen LogP contribution in [0.2, 0.25) is 5.02 Å². The van der Waals surface area contributed by atoms with E-state index in [2.05, 4.69) is 0 Å². The minimum Gasteiger partial charge on any atom is -0.481 e. The average Bonchev–Trinajstić information content (AvgIpc) is 2.19. The Balaban J connectivity index is 3.43. The minimum absolute atomic E-state index is 0.255. The lowest BCUT2D eigenvalue weighted by Gasteiger charge is -2.02. The first-order valence-corrected chi connectivity index (χ1v) is 4.53. The average molecular weight is 261 g/mol. The third-order valence-electron chi connectivity index (χ3n) is 1.89. The SMILES string of the molecule is O=C(O)Cc1c(Cl)cc([N+](=O)[O-])cc1[N+](=O)[O-]. The molecule has 0 spiro atoms. The van der Waals surface area contributed by atoms with Crippen molar-refractivity contribution < 1.29 is 19.7 Å². The van der Waals surface area contributed by atoms with Gasteiger partial charge in [0.15, 0.2) is 0 Å². The summed E-state index contributed by atoms with van der Waals surface area (Å²) in [6.45, 7) is 0. The molecule has 1 aromatic carbocycles. The Kier molecular flexibility index (Phi) is 3.59. The topological polar surface area (TPSA) is 124 Å². The van der Waals surface area contributed by atoms with E-state index in [4.69, 9.17) is 16.7 Å². The Bertz CT molecular complexity index is 515. The summed E-state index contributed by atoms with van der Waals surface area (Å²) in [5.74, 6) is -1.32. The summed E-state index contributed by atoms with van der Waals surface area (Å²) < 4.78 is 0. The Labute approximate surface area is 98.7 Å². The number of benzene rings is 1. The molecule has 0 fully saturated rings. The van der Waals surface area contributed by atoms with E-state index >= 15 is 0 Å². The molecule has 1 rings (SSSR count). The molecule has 0 aromatic heterocycles. The lowest BCUT2D eigenvalue weighted by Crippen LogP contribution is -2.05. The van der Waals surface area contributed by atoms with Crippen LogP contribution in [-0.4, -0.2) is 20.9 Å². The van der Waals surface area contributed by atoms with Gasteiger partial charge >= 0.3 is 5.97 Å². The summed E-state index contributed by atoms with van der Waals surface area (Å²) in [4.78, 5) is 29.9. The van der Waals surface area contributed by atoms with Crippen molar-refractivity contribution in [2.45, 2.75) is 6.42 Å². The van der Waals surface area contributed by atoms with Gasteiger partial charge in [0.05, 0.1) is 32.9 Å². The van der Waals surface area contributed by atoms with E-state index in [1.165, 1.54) is 0 Å². The number of aliphatic carboxylic acids is 1. The number of nitro groups is 2. The highest BCUT2D eigenvalue weighted by molar-refractivity contribution is 6.32. The maximum absolute atomic E-state index is 10.7. The van der Waals surface area contributed by atoms with Crippen molar-refractivity contribution in [3.63, 3.8) is 0 Å². The van der Waals surface area contributed by atoms with Gasteiger partial charge in [-0.05, 0) is 0 Å². The fraction of sp³-hybridized carbons (Fsp3) is 0.125. The van der Waals surface area contributed by atoms with Crippen LogP contribution < -0.4 is 0 Å². The molecule has 90 valence electrons. The highest BCUT2D eigenvalue weighted by Crippen LogP contribution is 2.32. The minimum atomic E-state index is -1.32. The van der Waals surface area contributed by atoms with Gasteiger partial charge < -0.3 is 5.11 Å². The van der Waals surface area contributed by atoms with Crippen molar-refractivity contribution in [1.82, 2.24) is 0 Å². The number of non-ortho nitro benzene ring substituents is 1. The molecule has 9 heteroatoms. The van der Waals surface area contributed by atoms with Gasteiger partial charge in [0.1, 0.15) is 0 Å². The van der Waals surface area contributed by atoms with Gasteiger partial charge in [-0.3, -0.25) is 25.0 Å². The second-order valence-electron chi connectivity index (χ2n) is 3.01. The number of carboxylic acid groups (broad SMARTS) is 1. The van der Waals surface area contributed by atoms with Gasteiger partial charge in [0.2, 0.25) is 0 Å². The van der Waals surface area contributed by atoms with Crippen molar-refractivity contribution >= 4 is 28.9 Å². The van der Waals surface area contributed by atoms with Gasteiger partial charge in [-0.2, -0.15) is 0 Å². The zero-order valence-electron chi connectivity index (χ0n) is 8.12. The van der Waals surface area contributed by atoms with E-state index < -0.39 is 33.6 Å². The quantitative estimate of drug-likeness (QED) is 0.650. The summed E-state index contributed by atoms with van der Waals surface area (Å²) in [6.07, 6.45) is -0.673. The van der Waals surface area contributed by atoms with E-state index in [-0.39, 0.29) is 10.6 Å². The number of halogens is 1. The number of carbonyl (C=O) groups is 1. The molecular weight excluding hydrogens is 256 g/mol. The molecule has 0 amide bonds. The van der Waals surface area contributed by atoms with Crippen LogP contribution in [0.25, 0.3) is 0 Å². The van der Waals surface area contributed by atoms with Crippen molar-refractivity contribution in [2.24, 2.45) is 0 Å². The lowest BCUT2D eigenvalue weighted by atomic mass is 10.1. The molecule has 0 unspecified atom stereocenters. The number of nitro benzene ring substituents is 2. The van der Waals surface area contributed by atoms with Crippen LogP contribution in [-0.2, 0) is 11.2 Å². The molecule has 1 N–H and O–H groups in total. The highest BCUT2D eigenvalue weighted by atomic mass is 35.5. The van der Waals surface area contributed by atoms with Gasteiger partial charge in [0, 0.05) is 6.07 Å². The van der Waals surface area contributed by atoms with Crippen LogP contribution in [0.4, 0.5) is 11.4 Å². The molecule has 17 heavy (non-hydrogen) atoms. The predicted molar refractivity (Wildman–Crippen MR) is 56.1 cm³/mol. The van der Waals surface area contributed by atoms with Crippen LogP contribution in [0.1, 0.15) is 5.56 Å². The van der Waals surface area contributed by atoms with E-state index in [0.717, 1.165) is 6.07 Å². The van der Waals surface area contributed by atoms with Crippen molar-refractivity contribution in [3.8, 4) is 0 Å². The number of hydrogen-bond acceptors (Lipinski definition) is 5. The van der Waals surface area contributed by atoms with Crippen LogP contribution in [0.3, 0.4) is 0 Å². The number of carboxylic acids is 1. The molecule has 0 heterocycles. The standard InChI is InChI=1S/C8H5ClN2O6/c9-6-1-4(10(14)15)2-7(11(16)17)5(6)3-8(12)13/h1-2H,3H2,(H,12,13). The van der Waals surface area contributed by atoms with E-state index in [0.29, 0.717) is 6.07 Å². The lowest BCUT2D eigenvalue weighted by molar-refractivity contribution is -0.394. The van der Waals surface area contributed by atoms with Crippen LogP contribution in [0, 0.1) is 20.2 Å². The summed E-state index contributed by atoms with van der Waals surface area (Å²) in [6, 6.07) is 1.57. The Morgan fingerprint density at radius 1 is 1.29 bits per heavy atom. The van der Waals surface area contributed by atoms with Crippen molar-refractivity contribution in [1.29, 1.82) is 0 Å². The molecule has 1 aromatic rings. The molecule has 0 aliphatic carbocycles. The molecule has 0 saturated heterocycles. The zero-order valence-corrected chi connectivity index (χ0v) is 8.88. The normalized spacial score (nSPS) is 9.94. The van der Waals surface area contributed by atoms with E-state index in [9.17, 15) is 25.0 Å². The number of hydrogen-bond donors (Lipinski definition) is 1. The predicted octanol–water partition coefficient (Wildman–Crippen LogP) is 1.78. The highest BCUT2D eigenvalue weighted by Gasteiger charge is 2.24. The monoisotopic (exact) mass is 260 g/mol. The number of rotatable bonds is 4. The molecule has 0 aliphatic heterocycles. The van der Waals surface area contributed by atoms with E-state index in [1.807, 2.05) is 0 Å². The maximum Gasteiger partial charge on any atom is 0.308 e. The third-order valence-corrected chi connectivity index (χ3v) is 2.23. The first-order chi connectivity index (χ1) is 7.82. The van der Waals surface area contributed by atoms with Gasteiger partial charge in [-0.1, -0.05) is 11.6 Å². The van der Waals surface area contributed by atoms with Crippen LogP contribution >= 0.6 is 11.6 Å². The molecule has 0 saturated carbocycles. The fourth-order valence-corrected chi connectivity index (χ4v) is 1.48. The van der Waals surface area contributed by atoms with Crippen molar-refractivity contribution in [3.05, 3.63) is 42.9 Å². The second-order valence-corrected chi connectivity index (χ2v) is 3.42. The summed E-state index contributed by atoms with van der Waals surface area (Å²) >= 11 is 5.59. The Hall–Kier alpha value is -2.22. The van der Waals surface area contributed by atoms with Crippen molar-refractivity contribution in [2.75, 3.05) is 0 Å². The molecule has 0 radical (unpaired) electrons. The van der Waals surface area contributed by atoms with Crippen LogP contribution in [0.15, 0.2) is 12.1 Å². The third kappa shape index (κ3) is 2.88. The molecule has 0 aliphatic rings. The second kappa shape index (κ2) is 4.74. The van der Waals surface area contributed by atoms with Gasteiger partial charge in [-0.25, -0.2) is 0 Å². The van der Waals surface area contributed by atoms with Gasteiger partial charge in [-0.15, -0.1) is 0 Å². The molecule has 8 nitrogen and oxygen atoms in total. The number of nitrogens with zero attached hydrogens (tertiary/aromatic N) is 2. The maximum atomic E-state index is 10.7. The first-order valence-electron chi connectivity index (χ1n) is 4.16. The molecule has 0 atom stereocenters. The van der Waals surface area contributed by atoms with Crippen LogP contribution in [0.5, 0.6) is 0 Å². The zero-order chi connectivity index (χ0) is 13.2. The smallest absolute Gasteiger partial charge is 0.308 e. The largest absolute Gasteiger partial charge is 0.481 e. The summed E-state index contributed by atoms with van der Waals surface area (Å²) in [7, 11) is 0. The fourth-order valence-electron chi connectivity index (χ4n) is 1.20. The summed E-state index contributed by atoms with van der Waals surface area (Å²) in [5, 5.41) is 29.4. The molecule has 0 bridgehead atoms.